The van der Waals surface area contributed by atoms with E-state index in [0.717, 1.165) is 74.3 Å². The van der Waals surface area contributed by atoms with Crippen LogP contribution in [0.5, 0.6) is 0 Å². The van der Waals surface area contributed by atoms with Gasteiger partial charge in [-0.15, -0.1) is 0 Å². The molecule has 2 aliphatic rings. The van der Waals surface area contributed by atoms with Gasteiger partial charge in [-0.2, -0.15) is 0 Å². The fourth-order valence-corrected chi connectivity index (χ4v) is 7.38. The SMILES string of the molecule is CC.CN1CCCc2ccc3ccc(-c4ccc5cc(-c6ccc7cc(-c8ccc9c(c8)C=CC(/C(N)=C/N)N9)ccc7n6)ccc5c4)nc3c21. The highest BCUT2D eigenvalue weighted by molar-refractivity contribution is 5.96. The second kappa shape index (κ2) is 13.3. The van der Waals surface area contributed by atoms with Crippen molar-refractivity contribution < 1.29 is 0 Å². The fourth-order valence-electron chi connectivity index (χ4n) is 7.38. The number of aromatic nitrogens is 2. The van der Waals surface area contributed by atoms with E-state index in [1.165, 1.54) is 40.0 Å². The van der Waals surface area contributed by atoms with Crippen LogP contribution in [0, 0.1) is 0 Å². The maximum absolute atomic E-state index is 6.02. The van der Waals surface area contributed by atoms with Crippen LogP contribution < -0.4 is 21.7 Å². The van der Waals surface area contributed by atoms with E-state index >= 15 is 0 Å². The van der Waals surface area contributed by atoms with E-state index in [2.05, 4.69) is 133 Å². The van der Waals surface area contributed by atoms with Crippen LogP contribution in [0.3, 0.4) is 0 Å². The van der Waals surface area contributed by atoms with Gasteiger partial charge in [0.25, 0.3) is 0 Å². The average Bonchev–Trinajstić information content (AvgIpc) is 3.19. The van der Waals surface area contributed by atoms with Crippen LogP contribution in [0.4, 0.5) is 11.4 Å². The zero-order valence-corrected chi connectivity index (χ0v) is 29.3. The summed E-state index contributed by atoms with van der Waals surface area (Å²) in [5, 5.41) is 8.10. The number of nitrogens with two attached hydrogens (primary N) is 2. The van der Waals surface area contributed by atoms with Crippen molar-refractivity contribution in [2.24, 2.45) is 11.5 Å². The van der Waals surface area contributed by atoms with Crippen LogP contribution in [-0.2, 0) is 6.42 Å². The minimum absolute atomic E-state index is 0.0926. The number of nitrogens with one attached hydrogen (secondary N) is 1. The highest BCUT2D eigenvalue weighted by atomic mass is 15.1. The van der Waals surface area contributed by atoms with E-state index in [0.29, 0.717) is 5.70 Å². The Morgan fingerprint density at radius 1 is 0.725 bits per heavy atom. The number of hydrogen-bond donors (Lipinski definition) is 3. The fraction of sp³-hybridized carbons (Fsp3) is 0.156. The molecule has 0 amide bonds. The lowest BCUT2D eigenvalue weighted by molar-refractivity contribution is 0.747. The lowest BCUT2D eigenvalue weighted by Crippen LogP contribution is -2.27. The lowest BCUT2D eigenvalue weighted by atomic mass is 9.97. The van der Waals surface area contributed by atoms with Crippen molar-refractivity contribution in [3.8, 4) is 33.6 Å². The normalized spacial score (nSPS) is 15.2. The smallest absolute Gasteiger partial charge is 0.0945 e. The summed E-state index contributed by atoms with van der Waals surface area (Å²) in [7, 11) is 2.18. The molecule has 1 atom stereocenters. The van der Waals surface area contributed by atoms with Crippen LogP contribution in [0.1, 0.15) is 31.4 Å². The van der Waals surface area contributed by atoms with Gasteiger partial charge in [0.05, 0.1) is 39.8 Å². The minimum Gasteiger partial charge on any atom is -0.403 e. The predicted molar refractivity (Wildman–Crippen MR) is 217 cm³/mol. The summed E-state index contributed by atoms with van der Waals surface area (Å²) < 4.78 is 0. The molecule has 0 aliphatic carbocycles. The first-order chi connectivity index (χ1) is 25.0. The van der Waals surface area contributed by atoms with Crippen LogP contribution in [0.15, 0.2) is 127 Å². The first kappa shape index (κ1) is 32.1. The Morgan fingerprint density at radius 2 is 1.35 bits per heavy atom. The molecule has 51 heavy (non-hydrogen) atoms. The number of aryl methyl sites for hydroxylation is 1. The molecule has 0 saturated carbocycles. The monoisotopic (exact) mass is 666 g/mol. The van der Waals surface area contributed by atoms with Crippen molar-refractivity contribution in [1.29, 1.82) is 0 Å². The molecule has 1 unspecified atom stereocenters. The van der Waals surface area contributed by atoms with Gasteiger partial charge in [-0.1, -0.05) is 86.7 Å². The van der Waals surface area contributed by atoms with Crippen LogP contribution in [0.2, 0.25) is 0 Å². The Morgan fingerprint density at radius 3 is 2.12 bits per heavy atom. The van der Waals surface area contributed by atoms with Gasteiger partial charge in [0.15, 0.2) is 0 Å². The summed E-state index contributed by atoms with van der Waals surface area (Å²) in [4.78, 5) is 12.6. The molecule has 2 aromatic heterocycles. The van der Waals surface area contributed by atoms with Gasteiger partial charge < -0.3 is 21.7 Å². The van der Waals surface area contributed by atoms with Gasteiger partial charge in [-0.05, 0) is 94.4 Å². The number of nitrogens with zero attached hydrogens (tertiary/aromatic N) is 3. The summed E-state index contributed by atoms with van der Waals surface area (Å²) in [6.45, 7) is 5.07. The second-order valence-corrected chi connectivity index (χ2v) is 13.2. The zero-order chi connectivity index (χ0) is 35.1. The molecule has 0 bridgehead atoms. The number of rotatable bonds is 4. The highest BCUT2D eigenvalue weighted by Gasteiger charge is 2.19. The van der Waals surface area contributed by atoms with Crippen molar-refractivity contribution >= 4 is 50.0 Å². The van der Waals surface area contributed by atoms with E-state index in [1.54, 1.807) is 0 Å². The molecule has 252 valence electrons. The van der Waals surface area contributed by atoms with Crippen molar-refractivity contribution in [3.05, 3.63) is 138 Å². The van der Waals surface area contributed by atoms with Crippen molar-refractivity contribution in [1.82, 2.24) is 9.97 Å². The Labute approximate surface area is 299 Å². The first-order valence-electron chi connectivity index (χ1n) is 17.9. The summed E-state index contributed by atoms with van der Waals surface area (Å²) in [5.41, 5.74) is 25.6. The van der Waals surface area contributed by atoms with Gasteiger partial charge >= 0.3 is 0 Å². The number of hydrogen-bond acceptors (Lipinski definition) is 6. The third kappa shape index (κ3) is 5.93. The maximum Gasteiger partial charge on any atom is 0.0945 e. The van der Waals surface area contributed by atoms with Crippen LogP contribution >= 0.6 is 0 Å². The van der Waals surface area contributed by atoms with Crippen molar-refractivity contribution in [2.45, 2.75) is 32.7 Å². The Bertz CT molecular complexity index is 2510. The van der Waals surface area contributed by atoms with Crippen molar-refractivity contribution in [2.75, 3.05) is 23.8 Å². The Kier molecular flexibility index (Phi) is 8.36. The van der Waals surface area contributed by atoms with E-state index in [-0.39, 0.29) is 6.04 Å². The third-order valence-corrected chi connectivity index (χ3v) is 10.1. The highest BCUT2D eigenvalue weighted by Crippen LogP contribution is 2.36. The quantitative estimate of drug-likeness (QED) is 0.173. The molecule has 9 rings (SSSR count). The molecule has 6 heteroatoms. The van der Waals surface area contributed by atoms with Gasteiger partial charge in [-0.3, -0.25) is 0 Å². The molecule has 0 spiro atoms. The topological polar surface area (TPSA) is 93.1 Å². The van der Waals surface area contributed by atoms with Crippen molar-refractivity contribution in [3.63, 3.8) is 0 Å². The molecular formula is C45H42N6. The molecule has 0 radical (unpaired) electrons. The minimum atomic E-state index is -0.0926. The van der Waals surface area contributed by atoms with E-state index in [1.807, 2.05) is 19.9 Å². The van der Waals surface area contributed by atoms with Gasteiger partial charge in [0, 0.05) is 47.4 Å². The third-order valence-electron chi connectivity index (χ3n) is 10.1. The standard InChI is InChI=1S/C43H36N6.C2H6/c1-49-20-2-3-27-5-4-26-10-15-40(48-42(26)43(27)49)33-9-7-28-21-32(8-6-29(28)22-33)38-18-13-34-23-30(11-16-37(34)46-38)31-12-17-39-35(24-31)14-19-41(47-39)36(45)25-44;1-2/h4-19,21-25,41,47H,2-3,20,44-45H2,1H3;1-2H3/b36-25-;. The number of pyridine rings is 2. The summed E-state index contributed by atoms with van der Waals surface area (Å²) in [6, 6.07) is 39.2. The molecule has 5 N–H and O–H groups in total. The zero-order valence-electron chi connectivity index (χ0n) is 29.3. The number of benzene rings is 5. The summed E-state index contributed by atoms with van der Waals surface area (Å²) >= 11 is 0. The van der Waals surface area contributed by atoms with Gasteiger partial charge in [-0.25, -0.2) is 9.97 Å². The maximum atomic E-state index is 6.02. The van der Waals surface area contributed by atoms with Crippen LogP contribution in [-0.4, -0.2) is 29.6 Å². The Hall–Kier alpha value is -6.14. The van der Waals surface area contributed by atoms with E-state index < -0.39 is 0 Å². The molecule has 7 aromatic rings. The largest absolute Gasteiger partial charge is 0.403 e. The van der Waals surface area contributed by atoms with E-state index in [4.69, 9.17) is 21.4 Å². The number of fused-ring (bicyclic) bond motifs is 6. The summed E-state index contributed by atoms with van der Waals surface area (Å²) in [5.74, 6) is 0. The van der Waals surface area contributed by atoms with Crippen LogP contribution in [0.25, 0.3) is 72.3 Å². The molecule has 6 nitrogen and oxygen atoms in total. The average molecular weight is 667 g/mol. The molecule has 5 aromatic carbocycles. The molecule has 4 heterocycles. The van der Waals surface area contributed by atoms with E-state index in [9.17, 15) is 0 Å². The van der Waals surface area contributed by atoms with Gasteiger partial charge in [0.2, 0.25) is 0 Å². The number of anilines is 2. The second-order valence-electron chi connectivity index (χ2n) is 13.2. The Balaban J connectivity index is 0.00000184. The predicted octanol–water partition coefficient (Wildman–Crippen LogP) is 9.91. The molecule has 2 aliphatic heterocycles. The van der Waals surface area contributed by atoms with Gasteiger partial charge in [0.1, 0.15) is 0 Å². The summed E-state index contributed by atoms with van der Waals surface area (Å²) in [6.07, 6.45) is 7.88. The first-order valence-corrected chi connectivity index (χ1v) is 17.9. The molecular weight excluding hydrogens is 625 g/mol. The molecule has 0 saturated heterocycles. The lowest BCUT2D eigenvalue weighted by Gasteiger charge is -2.28. The molecule has 0 fully saturated rings.